The molecule has 0 saturated carbocycles. The number of terminal acetylenes is 3. The molecule has 0 amide bonds. The molecule has 0 aromatic heterocycles. The highest BCUT2D eigenvalue weighted by molar-refractivity contribution is 5.84. The van der Waals surface area contributed by atoms with Gasteiger partial charge in [0.05, 0.1) is 21.3 Å². The van der Waals surface area contributed by atoms with Gasteiger partial charge in [-0.15, -0.1) is 19.3 Å². The van der Waals surface area contributed by atoms with Crippen LogP contribution in [0.2, 0.25) is 0 Å². The van der Waals surface area contributed by atoms with Crippen molar-refractivity contribution in [1.29, 1.82) is 0 Å². The summed E-state index contributed by atoms with van der Waals surface area (Å²) in [7, 11) is 3.73. The maximum Gasteiger partial charge on any atom is 0.509 e. The van der Waals surface area contributed by atoms with Crippen molar-refractivity contribution >= 4 is 84.9 Å². The Morgan fingerprint density at radius 3 is 0.948 bits per heavy atom. The van der Waals surface area contributed by atoms with Crippen LogP contribution in [0.1, 0.15) is 101 Å². The molecule has 14 atom stereocenters. The second-order valence-corrected chi connectivity index (χ2v) is 20.2. The molecule has 0 aliphatic carbocycles. The van der Waals surface area contributed by atoms with Crippen molar-refractivity contribution in [2.45, 2.75) is 192 Å². The van der Waals surface area contributed by atoms with E-state index in [2.05, 4.69) is 93.6 Å². The zero-order chi connectivity index (χ0) is 73.9. The van der Waals surface area contributed by atoms with Crippen LogP contribution in [-0.4, -0.2) is 224 Å². The van der Waals surface area contributed by atoms with Crippen molar-refractivity contribution in [2.24, 2.45) is 11.8 Å². The first-order valence-electron chi connectivity index (χ1n) is 29.0. The van der Waals surface area contributed by atoms with Crippen LogP contribution in [0, 0.1) is 48.9 Å². The Balaban J connectivity index is 0.000000567. The van der Waals surface area contributed by atoms with Crippen LogP contribution in [-0.2, 0) is 133 Å². The fraction of sp³-hybridized carbons (Fsp3) is 0.661. The molecule has 0 aromatic carbocycles. The third-order valence-electron chi connectivity index (χ3n) is 12.4. The van der Waals surface area contributed by atoms with Gasteiger partial charge < -0.3 is 99.5 Å². The average molecular weight is 1400 g/mol. The molecule has 0 N–H and O–H groups in total. The van der Waals surface area contributed by atoms with E-state index in [9.17, 15) is 80.3 Å². The number of carbonyl (C=O) groups excluding carboxylic acids is 14. The van der Waals surface area contributed by atoms with Gasteiger partial charge in [0.1, 0.15) is 0 Å². The molecule has 0 bridgehead atoms. The number of carbonyl (C=O) groups is 14. The van der Waals surface area contributed by atoms with Crippen LogP contribution in [0.3, 0.4) is 0 Å². The maximum atomic E-state index is 11.7. The predicted octanol–water partition coefficient (Wildman–Crippen LogP) is 5.14. The molecule has 14 unspecified atom stereocenters. The second kappa shape index (κ2) is 42.9. The Labute approximate surface area is 552 Å². The topological polar surface area (TPSA) is 433 Å². The highest BCUT2D eigenvalue weighted by atomic mass is 19.4. The molecule has 7 fully saturated rings. The minimum Gasteiger partial charge on any atom is -0.466 e. The van der Waals surface area contributed by atoms with Crippen molar-refractivity contribution in [2.75, 3.05) is 47.8 Å². The number of halogens is 3. The first kappa shape index (κ1) is 84.7. The molecule has 7 aliphatic heterocycles. The smallest absolute Gasteiger partial charge is 0.466 e. The van der Waals surface area contributed by atoms with Crippen molar-refractivity contribution in [3.8, 4) is 37.0 Å². The van der Waals surface area contributed by atoms with Gasteiger partial charge in [-0.3, -0.25) is 0 Å². The number of hydrogen-bond donors (Lipinski definition) is 0. The number of methoxy groups -OCH3 is 3. The summed E-state index contributed by atoms with van der Waals surface area (Å²) in [6.45, 7) is 13.9. The van der Waals surface area contributed by atoms with Gasteiger partial charge >= 0.3 is 91.0 Å². The van der Waals surface area contributed by atoms with Gasteiger partial charge in [0.15, 0.2) is 69.2 Å². The highest BCUT2D eigenvalue weighted by Gasteiger charge is 2.48. The number of alkyl halides is 3. The van der Waals surface area contributed by atoms with Crippen molar-refractivity contribution in [1.82, 2.24) is 0 Å². The molecule has 7 heterocycles. The summed E-state index contributed by atoms with van der Waals surface area (Å²) in [6.07, 6.45) is -3.47. The lowest BCUT2D eigenvalue weighted by Crippen LogP contribution is -2.36. The van der Waals surface area contributed by atoms with Crippen LogP contribution in [0.25, 0.3) is 0 Å². The first-order chi connectivity index (χ1) is 45.6. The normalized spacial score (nSPS) is 25.6. The molecule has 38 heteroatoms. The van der Waals surface area contributed by atoms with E-state index in [1.165, 1.54) is 28.3 Å². The fourth-order valence-corrected chi connectivity index (χ4v) is 7.88. The van der Waals surface area contributed by atoms with E-state index < -0.39 is 183 Å². The van der Waals surface area contributed by atoms with Crippen molar-refractivity contribution in [3.63, 3.8) is 0 Å². The number of esters is 7. The molecule has 97 heavy (non-hydrogen) atoms. The second-order valence-electron chi connectivity index (χ2n) is 20.2. The molecule has 7 aliphatic rings. The average Bonchev–Trinajstić information content (AvgIpc) is 1.76. The summed E-state index contributed by atoms with van der Waals surface area (Å²) in [5, 5.41) is 0. The minimum absolute atomic E-state index is 0.0237. The number of rotatable bonds is 19. The van der Waals surface area contributed by atoms with Gasteiger partial charge in [-0.25, -0.2) is 67.1 Å². The minimum atomic E-state index is -4.61. The summed E-state index contributed by atoms with van der Waals surface area (Å²) in [6, 6.07) is 0. The Hall–Kier alpha value is -10.3. The molecular formula is C59H75F3O35. The molecule has 0 aromatic rings. The van der Waals surface area contributed by atoms with Crippen molar-refractivity contribution in [3.05, 3.63) is 0 Å². The molecule has 0 radical (unpaired) electrons. The molecule has 542 valence electrons. The van der Waals surface area contributed by atoms with E-state index in [0.717, 1.165) is 12.8 Å². The van der Waals surface area contributed by atoms with Gasteiger partial charge in [0, 0.05) is 0 Å². The van der Waals surface area contributed by atoms with Gasteiger partial charge in [-0.1, -0.05) is 86.0 Å². The van der Waals surface area contributed by atoms with Gasteiger partial charge in [-0.2, -0.15) is 13.2 Å². The Morgan fingerprint density at radius 2 is 0.649 bits per heavy atom. The largest absolute Gasteiger partial charge is 0.509 e. The lowest BCUT2D eigenvalue weighted by atomic mass is 10.0. The van der Waals surface area contributed by atoms with E-state index in [4.69, 9.17) is 43.0 Å². The third kappa shape index (κ3) is 29.0. The van der Waals surface area contributed by atoms with Crippen LogP contribution < -0.4 is 0 Å². The van der Waals surface area contributed by atoms with Crippen LogP contribution in [0.15, 0.2) is 0 Å². The van der Waals surface area contributed by atoms with E-state index >= 15 is 0 Å². The highest BCUT2D eigenvalue weighted by Crippen LogP contribution is 2.27. The zero-order valence-electron chi connectivity index (χ0n) is 54.5. The van der Waals surface area contributed by atoms with E-state index in [1.54, 1.807) is 13.8 Å². The van der Waals surface area contributed by atoms with E-state index in [-0.39, 0.29) is 31.7 Å². The quantitative estimate of drug-likeness (QED) is 0.0917. The molecule has 7 saturated heterocycles. The predicted molar refractivity (Wildman–Crippen MR) is 304 cm³/mol. The van der Waals surface area contributed by atoms with Crippen molar-refractivity contribution < 1.29 is 180 Å². The Bertz CT molecular complexity index is 2830. The third-order valence-corrected chi connectivity index (χ3v) is 12.4. The van der Waals surface area contributed by atoms with E-state index in [0.29, 0.717) is 25.7 Å². The molecule has 35 nitrogen and oxygen atoms in total. The standard InChI is InChI=1S/2C10H12O5.C9H10O5.2C8H12O5.C7H7F3O5.C7H10O5/c1-4-5-13-9(11)8-7(6(2)3)14-10(12)15-8;1-3-5-7-8(15-10(12)14-7)9(11)13-6-4-2;1-3-5-12-8(10)7-6(4-2)13-9(11)14-7;1-4(2)5-6(7(9)11-3)13-8(10)12-5;1-3-4-5-6(7(9)11-2)13-8(10)12-5;1-3-4(15-6(12)14-3)5(11)13-2-7(8,9)10;1-3-4-5(6(8)10-2)12-7(9)11-4/h1,6-8H,5H2,2-3H3;2,7-8H,3,5-6H2,1H3;1,6-7H,4-5H2,2H3;4-6H,1-3H3;5-6H,3-4H2,1-2H3;3-4H,2H2,1H3;4-5H,3H2,1-2H3. The van der Waals surface area contributed by atoms with E-state index in [1.807, 2.05) is 41.5 Å². The lowest BCUT2D eigenvalue weighted by Gasteiger charge is -2.16. The van der Waals surface area contributed by atoms with Gasteiger partial charge in [0.2, 0.25) is 42.7 Å². The van der Waals surface area contributed by atoms with Crippen LogP contribution in [0.5, 0.6) is 0 Å². The Morgan fingerprint density at radius 1 is 0.392 bits per heavy atom. The summed E-state index contributed by atoms with van der Waals surface area (Å²) in [5.74, 6) is 1.46. The monoisotopic (exact) mass is 1400 g/mol. The Kier molecular flexibility index (Phi) is 37.4. The summed E-state index contributed by atoms with van der Waals surface area (Å²) in [5.41, 5.74) is 0. The zero-order valence-corrected chi connectivity index (χ0v) is 54.5. The maximum absolute atomic E-state index is 11.7. The first-order valence-corrected chi connectivity index (χ1v) is 29.0. The number of cyclic esters (lactones) is 14. The van der Waals surface area contributed by atoms with Gasteiger partial charge in [0.25, 0.3) is 0 Å². The SMILES string of the molecule is C#CCOC(=O)C1OC(=O)OC1C(C)C.C#CCOC(=O)C1OC(=O)OC1CC.C#CCOC(=O)C1OC(=O)OC1CCC.CC1OC(=O)OC1C(=O)OCC(F)(F)F.CCC1OC(=O)OC1C(=O)OC.CCCC1OC(=O)OC1C(=O)OC.COC(=O)C1OC(=O)OC1C(C)C. The molecular weight excluding hydrogens is 1330 g/mol. The number of ether oxygens (including phenoxy) is 21. The molecule has 0 spiro atoms. The van der Waals surface area contributed by atoms with Crippen LogP contribution >= 0.6 is 0 Å². The number of hydrogen-bond acceptors (Lipinski definition) is 35. The summed E-state index contributed by atoms with van der Waals surface area (Å²) >= 11 is 0. The lowest BCUT2D eigenvalue weighted by molar-refractivity contribution is -0.191. The van der Waals surface area contributed by atoms with Gasteiger partial charge in [-0.05, 0) is 44.4 Å². The summed E-state index contributed by atoms with van der Waals surface area (Å²) in [4.78, 5) is 153. The molecule has 7 rings (SSSR count). The summed E-state index contributed by atoms with van der Waals surface area (Å²) < 4.78 is 131. The van der Waals surface area contributed by atoms with Crippen LogP contribution in [0.4, 0.5) is 46.7 Å². The fourth-order valence-electron chi connectivity index (χ4n) is 7.88.